The standard InChI is InChI=1S/C7H12N2O3S/c1-12-5(10)3-13-2-4-6(8)7(11)9-4/h4,6H,2-3,8H2,1H3,(H,9,11). The maximum absolute atomic E-state index is 10.7. The van der Waals surface area contributed by atoms with Gasteiger partial charge in [0.1, 0.15) is 6.04 Å². The summed E-state index contributed by atoms with van der Waals surface area (Å²) in [5, 5.41) is 2.65. The van der Waals surface area contributed by atoms with Crippen molar-refractivity contribution in [3.8, 4) is 0 Å². The van der Waals surface area contributed by atoms with Crippen LogP contribution in [0.2, 0.25) is 0 Å². The first-order valence-electron chi connectivity index (χ1n) is 3.85. The van der Waals surface area contributed by atoms with Crippen LogP contribution in [0.1, 0.15) is 0 Å². The molecule has 1 heterocycles. The van der Waals surface area contributed by atoms with Crippen molar-refractivity contribution in [2.75, 3.05) is 18.6 Å². The van der Waals surface area contributed by atoms with E-state index in [2.05, 4.69) is 10.1 Å². The molecule has 2 atom stereocenters. The summed E-state index contributed by atoms with van der Waals surface area (Å²) < 4.78 is 4.45. The molecule has 1 fully saturated rings. The van der Waals surface area contributed by atoms with Gasteiger partial charge in [0.2, 0.25) is 5.91 Å². The molecule has 13 heavy (non-hydrogen) atoms. The highest BCUT2D eigenvalue weighted by Gasteiger charge is 2.35. The third-order valence-electron chi connectivity index (χ3n) is 1.81. The molecular weight excluding hydrogens is 192 g/mol. The molecule has 0 spiro atoms. The monoisotopic (exact) mass is 204 g/mol. The van der Waals surface area contributed by atoms with E-state index in [0.717, 1.165) is 0 Å². The van der Waals surface area contributed by atoms with Gasteiger partial charge in [0.25, 0.3) is 0 Å². The molecule has 1 rings (SSSR count). The zero-order valence-corrected chi connectivity index (χ0v) is 8.10. The van der Waals surface area contributed by atoms with E-state index < -0.39 is 6.04 Å². The van der Waals surface area contributed by atoms with Crippen LogP contribution in [-0.4, -0.2) is 42.6 Å². The van der Waals surface area contributed by atoms with Crippen LogP contribution in [-0.2, 0) is 14.3 Å². The van der Waals surface area contributed by atoms with E-state index in [-0.39, 0.29) is 17.9 Å². The largest absolute Gasteiger partial charge is 0.468 e. The molecule has 3 N–H and O–H groups in total. The summed E-state index contributed by atoms with van der Waals surface area (Å²) in [5.41, 5.74) is 5.47. The van der Waals surface area contributed by atoms with Crippen LogP contribution < -0.4 is 11.1 Å². The Balaban J connectivity index is 2.07. The van der Waals surface area contributed by atoms with Crippen LogP contribution in [0.15, 0.2) is 0 Å². The Hall–Kier alpha value is -0.750. The van der Waals surface area contributed by atoms with E-state index in [1.54, 1.807) is 0 Å². The Morgan fingerprint density at radius 1 is 1.77 bits per heavy atom. The average molecular weight is 204 g/mol. The number of nitrogens with one attached hydrogen (secondary N) is 1. The van der Waals surface area contributed by atoms with Gasteiger partial charge in [-0.3, -0.25) is 9.59 Å². The van der Waals surface area contributed by atoms with Gasteiger partial charge in [0, 0.05) is 5.75 Å². The third kappa shape index (κ3) is 2.60. The van der Waals surface area contributed by atoms with Crippen LogP contribution in [0.25, 0.3) is 0 Å². The summed E-state index contributed by atoms with van der Waals surface area (Å²) >= 11 is 1.41. The fourth-order valence-corrected chi connectivity index (χ4v) is 1.88. The fourth-order valence-electron chi connectivity index (χ4n) is 0.929. The molecule has 0 aromatic heterocycles. The number of methoxy groups -OCH3 is 1. The van der Waals surface area contributed by atoms with Crippen molar-refractivity contribution in [2.24, 2.45) is 5.73 Å². The predicted molar refractivity (Wildman–Crippen MR) is 49.2 cm³/mol. The first-order chi connectivity index (χ1) is 6.15. The minimum Gasteiger partial charge on any atom is -0.468 e. The van der Waals surface area contributed by atoms with Crippen molar-refractivity contribution in [3.05, 3.63) is 0 Å². The molecule has 6 heteroatoms. The average Bonchev–Trinajstić information content (AvgIpc) is 2.15. The molecule has 74 valence electrons. The highest BCUT2D eigenvalue weighted by molar-refractivity contribution is 7.99. The van der Waals surface area contributed by atoms with E-state index in [1.807, 2.05) is 0 Å². The number of β-lactam (4-membered cyclic amide) rings is 1. The molecule has 5 nitrogen and oxygen atoms in total. The topological polar surface area (TPSA) is 81.4 Å². The molecule has 1 saturated heterocycles. The molecule has 0 radical (unpaired) electrons. The van der Waals surface area contributed by atoms with Gasteiger partial charge in [0.05, 0.1) is 18.9 Å². The van der Waals surface area contributed by atoms with E-state index >= 15 is 0 Å². The summed E-state index contributed by atoms with van der Waals surface area (Å²) in [4.78, 5) is 21.3. The second-order valence-electron chi connectivity index (χ2n) is 2.73. The van der Waals surface area contributed by atoms with E-state index in [4.69, 9.17) is 5.73 Å². The maximum Gasteiger partial charge on any atom is 0.315 e. The van der Waals surface area contributed by atoms with Gasteiger partial charge in [-0.1, -0.05) is 0 Å². The van der Waals surface area contributed by atoms with E-state index in [9.17, 15) is 9.59 Å². The quantitative estimate of drug-likeness (QED) is 0.440. The van der Waals surface area contributed by atoms with Gasteiger partial charge < -0.3 is 15.8 Å². The van der Waals surface area contributed by atoms with Crippen LogP contribution in [0.5, 0.6) is 0 Å². The summed E-state index contributed by atoms with van der Waals surface area (Å²) in [6.45, 7) is 0. The number of ether oxygens (including phenoxy) is 1. The maximum atomic E-state index is 10.7. The Morgan fingerprint density at radius 3 is 2.92 bits per heavy atom. The molecule has 0 aliphatic carbocycles. The van der Waals surface area contributed by atoms with Crippen LogP contribution in [0, 0.1) is 0 Å². The van der Waals surface area contributed by atoms with Crippen LogP contribution >= 0.6 is 11.8 Å². The molecule has 0 bridgehead atoms. The van der Waals surface area contributed by atoms with Gasteiger partial charge in [0.15, 0.2) is 0 Å². The molecule has 0 aromatic carbocycles. The summed E-state index contributed by atoms with van der Waals surface area (Å²) in [5.74, 6) is 0.574. The molecule has 2 unspecified atom stereocenters. The second kappa shape index (κ2) is 4.48. The molecular formula is C7H12N2O3S. The number of carbonyl (C=O) groups excluding carboxylic acids is 2. The van der Waals surface area contributed by atoms with Gasteiger partial charge in [-0.25, -0.2) is 0 Å². The molecule has 1 amide bonds. The van der Waals surface area contributed by atoms with E-state index in [1.165, 1.54) is 18.9 Å². The first-order valence-corrected chi connectivity index (χ1v) is 5.01. The minimum absolute atomic E-state index is 0.00200. The number of rotatable bonds is 4. The van der Waals surface area contributed by atoms with Crippen LogP contribution in [0.4, 0.5) is 0 Å². The number of amides is 1. The van der Waals surface area contributed by atoms with Crippen molar-refractivity contribution in [1.29, 1.82) is 0 Å². The van der Waals surface area contributed by atoms with Gasteiger partial charge in [-0.15, -0.1) is 11.8 Å². The highest BCUT2D eigenvalue weighted by Crippen LogP contribution is 2.11. The van der Waals surface area contributed by atoms with Crippen molar-refractivity contribution in [2.45, 2.75) is 12.1 Å². The zero-order valence-electron chi connectivity index (χ0n) is 7.28. The highest BCUT2D eigenvalue weighted by atomic mass is 32.2. The lowest BCUT2D eigenvalue weighted by atomic mass is 10.0. The van der Waals surface area contributed by atoms with Crippen molar-refractivity contribution in [1.82, 2.24) is 5.32 Å². The number of esters is 1. The lowest BCUT2D eigenvalue weighted by Gasteiger charge is -2.33. The number of thioether (sulfide) groups is 1. The molecule has 0 saturated carbocycles. The van der Waals surface area contributed by atoms with Gasteiger partial charge in [-0.05, 0) is 0 Å². The Bertz CT molecular complexity index is 222. The van der Waals surface area contributed by atoms with Crippen LogP contribution in [0.3, 0.4) is 0 Å². The summed E-state index contributed by atoms with van der Waals surface area (Å²) in [6, 6.07) is -0.410. The third-order valence-corrected chi connectivity index (χ3v) is 2.84. The number of carbonyl (C=O) groups is 2. The molecule has 1 aliphatic heterocycles. The fraction of sp³-hybridized carbons (Fsp3) is 0.714. The predicted octanol–water partition coefficient (Wildman–Crippen LogP) is -1.28. The SMILES string of the molecule is COC(=O)CSCC1NC(=O)C1N. The first kappa shape index (κ1) is 10.3. The van der Waals surface area contributed by atoms with Crippen molar-refractivity contribution >= 4 is 23.6 Å². The number of hydrogen-bond acceptors (Lipinski definition) is 5. The van der Waals surface area contributed by atoms with Gasteiger partial charge in [-0.2, -0.15) is 0 Å². The number of hydrogen-bond donors (Lipinski definition) is 2. The lowest BCUT2D eigenvalue weighted by molar-refractivity contribution is -0.137. The zero-order chi connectivity index (χ0) is 9.84. The van der Waals surface area contributed by atoms with Gasteiger partial charge >= 0.3 is 5.97 Å². The Kier molecular flexibility index (Phi) is 3.56. The Labute approximate surface area is 80.4 Å². The smallest absolute Gasteiger partial charge is 0.315 e. The Morgan fingerprint density at radius 2 is 2.46 bits per heavy atom. The van der Waals surface area contributed by atoms with E-state index in [0.29, 0.717) is 11.5 Å². The lowest BCUT2D eigenvalue weighted by Crippen LogP contribution is -2.67. The molecule has 0 aromatic rings. The summed E-state index contributed by atoms with van der Waals surface area (Å²) in [7, 11) is 1.35. The number of nitrogens with two attached hydrogens (primary N) is 1. The van der Waals surface area contributed by atoms with Crippen molar-refractivity contribution < 1.29 is 14.3 Å². The van der Waals surface area contributed by atoms with Crippen molar-refractivity contribution in [3.63, 3.8) is 0 Å². The second-order valence-corrected chi connectivity index (χ2v) is 3.76. The summed E-state index contributed by atoms with van der Waals surface area (Å²) in [6.07, 6.45) is 0. The molecule has 1 aliphatic rings. The minimum atomic E-state index is -0.412. The normalized spacial score (nSPS) is 26.2.